The van der Waals surface area contributed by atoms with E-state index in [1.807, 2.05) is 12.1 Å². The van der Waals surface area contributed by atoms with Gasteiger partial charge in [0.05, 0.1) is 0 Å². The Bertz CT molecular complexity index is 228. The van der Waals surface area contributed by atoms with Crippen molar-refractivity contribution in [2.75, 3.05) is 18.1 Å². The van der Waals surface area contributed by atoms with Crippen molar-refractivity contribution in [2.45, 2.75) is 6.42 Å². The molecule has 3 heteroatoms. The number of aliphatic hydroxyl groups excluding tert-OH is 1. The lowest BCUT2D eigenvalue weighted by atomic mass is 10.1. The Kier molecular flexibility index (Phi) is 2.33. The van der Waals surface area contributed by atoms with Gasteiger partial charge in [0.1, 0.15) is 0 Å². The van der Waals surface area contributed by atoms with Crippen molar-refractivity contribution >= 4 is 11.4 Å². The van der Waals surface area contributed by atoms with E-state index in [2.05, 4.69) is 0 Å². The molecule has 0 aliphatic carbocycles. The second kappa shape index (κ2) is 3.25. The van der Waals surface area contributed by atoms with Gasteiger partial charge < -0.3 is 16.6 Å². The standard InChI is InChI=1S/C8H12N2O/c9-7-3-6(1-2-11)4-8(10)5-7/h3-5,11H,1-2,9-10H2. The number of benzene rings is 1. The number of rotatable bonds is 2. The first kappa shape index (κ1) is 7.88. The summed E-state index contributed by atoms with van der Waals surface area (Å²) in [6, 6.07) is 5.32. The van der Waals surface area contributed by atoms with Crippen LogP contribution < -0.4 is 11.5 Å². The van der Waals surface area contributed by atoms with Crippen LogP contribution >= 0.6 is 0 Å². The fourth-order valence-electron chi connectivity index (χ4n) is 1.02. The van der Waals surface area contributed by atoms with Crippen LogP contribution in [0.2, 0.25) is 0 Å². The van der Waals surface area contributed by atoms with Crippen LogP contribution in [0.25, 0.3) is 0 Å². The molecule has 0 aliphatic rings. The van der Waals surface area contributed by atoms with Gasteiger partial charge in [0, 0.05) is 18.0 Å². The van der Waals surface area contributed by atoms with Crippen molar-refractivity contribution in [3.8, 4) is 0 Å². The molecule has 0 unspecified atom stereocenters. The molecule has 0 amide bonds. The quantitative estimate of drug-likeness (QED) is 0.536. The van der Waals surface area contributed by atoms with Crippen molar-refractivity contribution in [3.05, 3.63) is 23.8 Å². The summed E-state index contributed by atoms with van der Waals surface area (Å²) in [4.78, 5) is 0. The Balaban J connectivity index is 2.89. The topological polar surface area (TPSA) is 72.3 Å². The second-order valence-electron chi connectivity index (χ2n) is 2.48. The third-order valence-corrected chi connectivity index (χ3v) is 1.44. The first-order valence-corrected chi connectivity index (χ1v) is 3.48. The normalized spacial score (nSPS) is 9.91. The van der Waals surface area contributed by atoms with Gasteiger partial charge >= 0.3 is 0 Å². The monoisotopic (exact) mass is 152 g/mol. The van der Waals surface area contributed by atoms with Gasteiger partial charge in [-0.05, 0) is 30.2 Å². The molecule has 5 N–H and O–H groups in total. The summed E-state index contributed by atoms with van der Waals surface area (Å²) in [5.41, 5.74) is 13.3. The maximum absolute atomic E-state index is 8.62. The third-order valence-electron chi connectivity index (χ3n) is 1.44. The van der Waals surface area contributed by atoms with Crippen LogP contribution in [0.5, 0.6) is 0 Å². The smallest absolute Gasteiger partial charge is 0.0471 e. The van der Waals surface area contributed by atoms with E-state index in [1.165, 1.54) is 0 Å². The summed E-state index contributed by atoms with van der Waals surface area (Å²) in [5.74, 6) is 0. The molecule has 1 aromatic rings. The summed E-state index contributed by atoms with van der Waals surface area (Å²) >= 11 is 0. The molecule has 11 heavy (non-hydrogen) atoms. The molecule has 1 aromatic carbocycles. The summed E-state index contributed by atoms with van der Waals surface area (Å²) in [7, 11) is 0. The van der Waals surface area contributed by atoms with Crippen molar-refractivity contribution in [1.82, 2.24) is 0 Å². The number of anilines is 2. The van der Waals surface area contributed by atoms with Gasteiger partial charge in [-0.25, -0.2) is 0 Å². The zero-order chi connectivity index (χ0) is 8.27. The molecule has 0 aromatic heterocycles. The van der Waals surface area contributed by atoms with E-state index in [0.717, 1.165) is 5.56 Å². The highest BCUT2D eigenvalue weighted by molar-refractivity contribution is 5.54. The van der Waals surface area contributed by atoms with Gasteiger partial charge in [0.25, 0.3) is 0 Å². The van der Waals surface area contributed by atoms with Crippen molar-refractivity contribution in [1.29, 1.82) is 0 Å². The van der Waals surface area contributed by atoms with Crippen LogP contribution in [-0.4, -0.2) is 11.7 Å². The molecule has 0 atom stereocenters. The minimum Gasteiger partial charge on any atom is -0.399 e. The molecule has 0 radical (unpaired) electrons. The fraction of sp³-hybridized carbons (Fsp3) is 0.250. The molecule has 0 spiro atoms. The maximum Gasteiger partial charge on any atom is 0.0471 e. The van der Waals surface area contributed by atoms with E-state index >= 15 is 0 Å². The lowest BCUT2D eigenvalue weighted by Gasteiger charge is -2.01. The first-order chi connectivity index (χ1) is 5.22. The Hall–Kier alpha value is -1.22. The van der Waals surface area contributed by atoms with Crippen molar-refractivity contribution in [2.24, 2.45) is 0 Å². The highest BCUT2D eigenvalue weighted by atomic mass is 16.2. The van der Waals surface area contributed by atoms with Crippen molar-refractivity contribution in [3.63, 3.8) is 0 Å². The molecule has 1 rings (SSSR count). The van der Waals surface area contributed by atoms with Crippen LogP contribution in [0.1, 0.15) is 5.56 Å². The van der Waals surface area contributed by atoms with Crippen LogP contribution in [-0.2, 0) is 6.42 Å². The molecule has 60 valence electrons. The minimum atomic E-state index is 0.128. The molecule has 0 fully saturated rings. The molecule has 0 aliphatic heterocycles. The molecule has 3 nitrogen and oxygen atoms in total. The van der Waals surface area contributed by atoms with Gasteiger partial charge in [0.15, 0.2) is 0 Å². The van der Waals surface area contributed by atoms with E-state index in [1.54, 1.807) is 6.07 Å². The van der Waals surface area contributed by atoms with E-state index in [0.29, 0.717) is 17.8 Å². The highest BCUT2D eigenvalue weighted by Gasteiger charge is 1.94. The molecule has 0 heterocycles. The first-order valence-electron chi connectivity index (χ1n) is 3.48. The molecular formula is C8H12N2O. The number of hydrogen-bond acceptors (Lipinski definition) is 3. The summed E-state index contributed by atoms with van der Waals surface area (Å²) < 4.78 is 0. The number of nitrogen functional groups attached to an aromatic ring is 2. The van der Waals surface area contributed by atoms with Gasteiger partial charge in [-0.3, -0.25) is 0 Å². The molecule has 0 saturated heterocycles. The minimum absolute atomic E-state index is 0.128. The SMILES string of the molecule is Nc1cc(N)cc(CCO)c1. The lowest BCUT2D eigenvalue weighted by molar-refractivity contribution is 0.299. The van der Waals surface area contributed by atoms with Crippen molar-refractivity contribution < 1.29 is 5.11 Å². The predicted octanol–water partition coefficient (Wildman–Crippen LogP) is 0.386. The summed E-state index contributed by atoms with van der Waals surface area (Å²) in [6.07, 6.45) is 0.606. The fourth-order valence-corrected chi connectivity index (χ4v) is 1.02. The molecular weight excluding hydrogens is 140 g/mol. The average Bonchev–Trinajstić information content (AvgIpc) is 1.85. The third kappa shape index (κ3) is 2.13. The van der Waals surface area contributed by atoms with Crippen LogP contribution in [0, 0.1) is 0 Å². The molecule has 0 saturated carbocycles. The number of hydrogen-bond donors (Lipinski definition) is 3. The van der Waals surface area contributed by atoms with Gasteiger partial charge in [-0.1, -0.05) is 0 Å². The van der Waals surface area contributed by atoms with E-state index in [4.69, 9.17) is 16.6 Å². The summed E-state index contributed by atoms with van der Waals surface area (Å²) in [5, 5.41) is 8.62. The van der Waals surface area contributed by atoms with Crippen LogP contribution in [0.15, 0.2) is 18.2 Å². The lowest BCUT2D eigenvalue weighted by Crippen LogP contribution is -1.96. The van der Waals surface area contributed by atoms with E-state index in [9.17, 15) is 0 Å². The van der Waals surface area contributed by atoms with Gasteiger partial charge in [-0.15, -0.1) is 0 Å². The predicted molar refractivity (Wildman–Crippen MR) is 46.1 cm³/mol. The van der Waals surface area contributed by atoms with Gasteiger partial charge in [-0.2, -0.15) is 0 Å². The Morgan fingerprint density at radius 3 is 2.09 bits per heavy atom. The zero-order valence-electron chi connectivity index (χ0n) is 6.25. The average molecular weight is 152 g/mol. The van der Waals surface area contributed by atoms with E-state index in [-0.39, 0.29) is 6.61 Å². The Morgan fingerprint density at radius 2 is 1.64 bits per heavy atom. The maximum atomic E-state index is 8.62. The Labute approximate surface area is 65.6 Å². The summed E-state index contributed by atoms with van der Waals surface area (Å²) in [6.45, 7) is 0.128. The molecule has 0 bridgehead atoms. The van der Waals surface area contributed by atoms with Gasteiger partial charge in [0.2, 0.25) is 0 Å². The van der Waals surface area contributed by atoms with Crippen LogP contribution in [0.3, 0.4) is 0 Å². The number of aliphatic hydroxyl groups is 1. The van der Waals surface area contributed by atoms with Crippen LogP contribution in [0.4, 0.5) is 11.4 Å². The number of nitrogens with two attached hydrogens (primary N) is 2. The Morgan fingerprint density at radius 1 is 1.09 bits per heavy atom. The second-order valence-corrected chi connectivity index (χ2v) is 2.48. The highest BCUT2D eigenvalue weighted by Crippen LogP contribution is 2.13. The zero-order valence-corrected chi connectivity index (χ0v) is 6.25. The van der Waals surface area contributed by atoms with E-state index < -0.39 is 0 Å². The largest absolute Gasteiger partial charge is 0.399 e.